The third-order valence-corrected chi connectivity index (χ3v) is 5.71. The Balaban J connectivity index is 1.50. The SMILES string of the molecule is COC(=O)C(NC(=O)OC(C)(C)C)=C1CCN(c2nccc(-c3ccc4ccccc4c3)n2)CC1. The van der Waals surface area contributed by atoms with Crippen molar-refractivity contribution in [1.82, 2.24) is 15.3 Å². The molecule has 4 rings (SSSR count). The predicted molar refractivity (Wildman–Crippen MR) is 135 cm³/mol. The van der Waals surface area contributed by atoms with Gasteiger partial charge in [0.1, 0.15) is 11.3 Å². The van der Waals surface area contributed by atoms with Gasteiger partial charge in [-0.2, -0.15) is 0 Å². The first-order valence-electron chi connectivity index (χ1n) is 11.6. The zero-order chi connectivity index (χ0) is 25.0. The molecule has 2 heterocycles. The number of alkyl carbamates (subject to hydrolysis) is 1. The minimum absolute atomic E-state index is 0.146. The summed E-state index contributed by atoms with van der Waals surface area (Å²) in [6.45, 7) is 6.51. The summed E-state index contributed by atoms with van der Waals surface area (Å²) in [5.41, 5.74) is 2.16. The van der Waals surface area contributed by atoms with Crippen LogP contribution in [0.4, 0.5) is 10.7 Å². The number of nitrogens with zero attached hydrogens (tertiary/aromatic N) is 3. The fourth-order valence-corrected chi connectivity index (χ4v) is 4.03. The van der Waals surface area contributed by atoms with Gasteiger partial charge in [0.25, 0.3) is 0 Å². The molecule has 0 aliphatic carbocycles. The highest BCUT2D eigenvalue weighted by Crippen LogP contribution is 2.26. The first kappa shape index (κ1) is 24.2. The highest BCUT2D eigenvalue weighted by Gasteiger charge is 2.26. The van der Waals surface area contributed by atoms with Gasteiger partial charge in [0.2, 0.25) is 5.95 Å². The minimum Gasteiger partial charge on any atom is -0.464 e. The van der Waals surface area contributed by atoms with Crippen molar-refractivity contribution in [3.05, 3.63) is 66.0 Å². The van der Waals surface area contributed by atoms with E-state index in [-0.39, 0.29) is 5.70 Å². The van der Waals surface area contributed by atoms with Crippen molar-refractivity contribution in [3.8, 4) is 11.3 Å². The predicted octanol–water partition coefficient (Wildman–Crippen LogP) is 4.85. The quantitative estimate of drug-likeness (QED) is 0.427. The topological polar surface area (TPSA) is 93.6 Å². The average Bonchev–Trinajstić information content (AvgIpc) is 2.85. The van der Waals surface area contributed by atoms with Crippen LogP contribution in [0.5, 0.6) is 0 Å². The van der Waals surface area contributed by atoms with Gasteiger partial charge in [-0.25, -0.2) is 19.6 Å². The summed E-state index contributed by atoms with van der Waals surface area (Å²) in [7, 11) is 1.29. The van der Waals surface area contributed by atoms with E-state index in [4.69, 9.17) is 14.5 Å². The molecule has 0 saturated carbocycles. The van der Waals surface area contributed by atoms with Crippen molar-refractivity contribution in [1.29, 1.82) is 0 Å². The molecule has 0 atom stereocenters. The van der Waals surface area contributed by atoms with E-state index in [1.54, 1.807) is 27.0 Å². The number of aromatic nitrogens is 2. The summed E-state index contributed by atoms with van der Waals surface area (Å²) in [5.74, 6) is 0.0447. The number of benzene rings is 2. The lowest BCUT2D eigenvalue weighted by molar-refractivity contribution is -0.136. The molecule has 182 valence electrons. The van der Waals surface area contributed by atoms with Crippen molar-refractivity contribution in [2.75, 3.05) is 25.1 Å². The molecule has 0 unspecified atom stereocenters. The fourth-order valence-electron chi connectivity index (χ4n) is 4.03. The molecule has 1 fully saturated rings. The van der Waals surface area contributed by atoms with Crippen LogP contribution in [0.15, 0.2) is 66.0 Å². The summed E-state index contributed by atoms with van der Waals surface area (Å²) in [4.78, 5) is 36.0. The molecule has 0 radical (unpaired) electrons. The lowest BCUT2D eigenvalue weighted by Gasteiger charge is -2.30. The Labute approximate surface area is 205 Å². The van der Waals surface area contributed by atoms with Gasteiger partial charge in [-0.3, -0.25) is 5.32 Å². The number of piperidine rings is 1. The number of amides is 1. The van der Waals surface area contributed by atoms with Crippen LogP contribution < -0.4 is 10.2 Å². The number of carbonyl (C=O) groups is 2. The normalized spacial score (nSPS) is 13.9. The monoisotopic (exact) mass is 474 g/mol. The Bertz CT molecular complexity index is 1270. The van der Waals surface area contributed by atoms with Crippen molar-refractivity contribution < 1.29 is 19.1 Å². The fraction of sp³-hybridized carbons (Fsp3) is 0.333. The summed E-state index contributed by atoms with van der Waals surface area (Å²) >= 11 is 0. The summed E-state index contributed by atoms with van der Waals surface area (Å²) in [6, 6.07) is 16.4. The molecule has 0 bridgehead atoms. The van der Waals surface area contributed by atoms with E-state index in [9.17, 15) is 9.59 Å². The van der Waals surface area contributed by atoms with E-state index in [1.807, 2.05) is 18.2 Å². The van der Waals surface area contributed by atoms with E-state index in [1.165, 1.54) is 12.5 Å². The molecule has 1 amide bonds. The van der Waals surface area contributed by atoms with Crippen LogP contribution in [0.1, 0.15) is 33.6 Å². The largest absolute Gasteiger partial charge is 0.464 e. The Kier molecular flexibility index (Phi) is 7.00. The van der Waals surface area contributed by atoms with Crippen LogP contribution in [0.2, 0.25) is 0 Å². The van der Waals surface area contributed by atoms with Gasteiger partial charge in [0.15, 0.2) is 0 Å². The number of hydrogen-bond acceptors (Lipinski definition) is 7. The van der Waals surface area contributed by atoms with Crippen LogP contribution in [0.25, 0.3) is 22.0 Å². The van der Waals surface area contributed by atoms with Crippen molar-refractivity contribution in [2.45, 2.75) is 39.2 Å². The molecule has 1 aliphatic heterocycles. The van der Waals surface area contributed by atoms with Gasteiger partial charge in [-0.05, 0) is 62.1 Å². The first-order valence-corrected chi connectivity index (χ1v) is 11.6. The second-order valence-corrected chi connectivity index (χ2v) is 9.39. The lowest BCUT2D eigenvalue weighted by atomic mass is 10.0. The van der Waals surface area contributed by atoms with Gasteiger partial charge in [-0.15, -0.1) is 0 Å². The number of nitrogens with one attached hydrogen (secondary N) is 1. The molecule has 2 aromatic carbocycles. The smallest absolute Gasteiger partial charge is 0.412 e. The lowest BCUT2D eigenvalue weighted by Crippen LogP contribution is -2.38. The Morgan fingerprint density at radius 1 is 1.00 bits per heavy atom. The van der Waals surface area contributed by atoms with Gasteiger partial charge >= 0.3 is 12.1 Å². The van der Waals surface area contributed by atoms with Crippen LogP contribution in [0, 0.1) is 0 Å². The molecule has 1 aromatic heterocycles. The van der Waals surface area contributed by atoms with E-state index in [2.05, 4.69) is 45.5 Å². The Hall–Kier alpha value is -3.94. The minimum atomic E-state index is -0.681. The molecule has 35 heavy (non-hydrogen) atoms. The molecule has 8 nitrogen and oxygen atoms in total. The highest BCUT2D eigenvalue weighted by atomic mass is 16.6. The molecule has 0 spiro atoms. The number of hydrogen-bond donors (Lipinski definition) is 1. The zero-order valence-electron chi connectivity index (χ0n) is 20.5. The van der Waals surface area contributed by atoms with Crippen LogP contribution >= 0.6 is 0 Å². The van der Waals surface area contributed by atoms with E-state index in [0.717, 1.165) is 22.2 Å². The second-order valence-electron chi connectivity index (χ2n) is 9.39. The maximum Gasteiger partial charge on any atom is 0.412 e. The number of fused-ring (bicyclic) bond motifs is 1. The molecular weight excluding hydrogens is 444 g/mol. The molecule has 8 heteroatoms. The third kappa shape index (κ3) is 5.95. The number of rotatable bonds is 4. The van der Waals surface area contributed by atoms with E-state index >= 15 is 0 Å². The molecule has 1 aliphatic rings. The van der Waals surface area contributed by atoms with Gasteiger partial charge < -0.3 is 14.4 Å². The third-order valence-electron chi connectivity index (χ3n) is 5.71. The number of anilines is 1. The summed E-state index contributed by atoms with van der Waals surface area (Å²) < 4.78 is 10.2. The van der Waals surface area contributed by atoms with E-state index in [0.29, 0.717) is 31.9 Å². The van der Waals surface area contributed by atoms with Gasteiger partial charge in [0.05, 0.1) is 12.8 Å². The summed E-state index contributed by atoms with van der Waals surface area (Å²) in [5, 5.41) is 4.93. The van der Waals surface area contributed by atoms with Crippen LogP contribution in [-0.4, -0.2) is 47.8 Å². The second kappa shape index (κ2) is 10.1. The summed E-state index contributed by atoms with van der Waals surface area (Å²) in [6.07, 6.45) is 2.20. The number of carbonyl (C=O) groups excluding carboxylic acids is 2. The standard InChI is InChI=1S/C27H30N4O4/c1-27(2,3)35-26(33)30-23(24(32)34-4)19-12-15-31(16-13-19)25-28-14-11-22(29-25)21-10-9-18-7-5-6-8-20(18)17-21/h5-11,14,17H,12-13,15-16H2,1-4H3,(H,30,33). The molecule has 1 N–H and O–H groups in total. The molecule has 1 saturated heterocycles. The maximum absolute atomic E-state index is 12.4. The number of methoxy groups -OCH3 is 1. The number of ether oxygens (including phenoxy) is 2. The molecule has 3 aromatic rings. The maximum atomic E-state index is 12.4. The average molecular weight is 475 g/mol. The van der Waals surface area contributed by atoms with Crippen LogP contribution in [-0.2, 0) is 14.3 Å². The van der Waals surface area contributed by atoms with Crippen LogP contribution in [0.3, 0.4) is 0 Å². The number of esters is 1. The van der Waals surface area contributed by atoms with Crippen molar-refractivity contribution in [3.63, 3.8) is 0 Å². The molecular formula is C27H30N4O4. The van der Waals surface area contributed by atoms with Crippen molar-refractivity contribution >= 4 is 28.8 Å². The Morgan fingerprint density at radius 2 is 1.71 bits per heavy atom. The first-order chi connectivity index (χ1) is 16.7. The van der Waals surface area contributed by atoms with Gasteiger partial charge in [0, 0.05) is 24.8 Å². The van der Waals surface area contributed by atoms with Gasteiger partial charge in [-0.1, -0.05) is 36.4 Å². The van der Waals surface area contributed by atoms with E-state index < -0.39 is 17.7 Å². The highest BCUT2D eigenvalue weighted by molar-refractivity contribution is 5.93. The zero-order valence-corrected chi connectivity index (χ0v) is 20.5. The Morgan fingerprint density at radius 3 is 2.40 bits per heavy atom. The van der Waals surface area contributed by atoms with Crippen molar-refractivity contribution in [2.24, 2.45) is 0 Å².